The number of benzene rings is 2. The number of hydrogen-bond acceptors (Lipinski definition) is 5. The molecule has 3 rings (SSSR count). The Balaban J connectivity index is 2.19. The fourth-order valence-corrected chi connectivity index (χ4v) is 2.95. The van der Waals surface area contributed by atoms with E-state index in [9.17, 15) is 9.90 Å². The van der Waals surface area contributed by atoms with E-state index in [2.05, 4.69) is 0 Å². The first kappa shape index (κ1) is 19.7. The summed E-state index contributed by atoms with van der Waals surface area (Å²) >= 11 is 0. The van der Waals surface area contributed by atoms with Gasteiger partial charge in [-0.3, -0.25) is 9.36 Å². The Hall–Kier alpha value is -3.09. The molecule has 2 aromatic carbocycles. The van der Waals surface area contributed by atoms with Gasteiger partial charge in [-0.05, 0) is 66.4 Å². The lowest BCUT2D eigenvalue weighted by atomic mass is 10.1. The fourth-order valence-electron chi connectivity index (χ4n) is 2.95. The number of rotatable bonds is 7. The smallest absolute Gasteiger partial charge is 0.262 e. The summed E-state index contributed by atoms with van der Waals surface area (Å²) in [4.78, 5) is 13.1. The number of methoxy groups -OCH3 is 2. The molecule has 3 aromatic rings. The molecule has 1 N–H and O–H groups in total. The van der Waals surface area contributed by atoms with E-state index in [-0.39, 0.29) is 5.56 Å². The highest BCUT2D eigenvalue weighted by Gasteiger charge is 2.11. The maximum atomic E-state index is 13.1. The molecule has 0 spiro atoms. The number of aliphatic hydroxyl groups excluding tert-OH is 1. The number of hydrogen-bond donors (Lipinski definition) is 1. The maximum absolute atomic E-state index is 13.1. The van der Waals surface area contributed by atoms with Crippen LogP contribution in [-0.4, -0.2) is 36.8 Å². The van der Waals surface area contributed by atoms with Gasteiger partial charge >= 0.3 is 0 Å². The molecule has 0 aliphatic carbocycles. The molecule has 0 saturated carbocycles. The Labute approximate surface area is 163 Å². The van der Waals surface area contributed by atoms with Crippen LogP contribution in [0.4, 0.5) is 0 Å². The largest absolute Gasteiger partial charge is 0.497 e. The van der Waals surface area contributed by atoms with E-state index >= 15 is 0 Å². The predicted molar refractivity (Wildman–Crippen MR) is 109 cm³/mol. The molecule has 1 atom stereocenters. The van der Waals surface area contributed by atoms with Crippen LogP contribution in [0, 0.1) is 0 Å². The van der Waals surface area contributed by atoms with E-state index in [0.717, 1.165) is 10.9 Å². The highest BCUT2D eigenvalue weighted by Crippen LogP contribution is 2.24. The molecule has 0 fully saturated rings. The fraction of sp³-hybridized carbons (Fsp3) is 0.227. The van der Waals surface area contributed by atoms with E-state index in [0.29, 0.717) is 29.2 Å². The van der Waals surface area contributed by atoms with Gasteiger partial charge < -0.3 is 19.3 Å². The molecule has 1 heterocycles. The highest BCUT2D eigenvalue weighted by molar-refractivity contribution is 5.91. The molecule has 1 unspecified atom stereocenters. The third-order valence-corrected chi connectivity index (χ3v) is 4.38. The van der Waals surface area contributed by atoms with E-state index < -0.39 is 6.29 Å². The van der Waals surface area contributed by atoms with Crippen molar-refractivity contribution >= 4 is 16.8 Å². The number of pyridine rings is 1. The van der Waals surface area contributed by atoms with Crippen LogP contribution < -0.4 is 15.0 Å². The first-order chi connectivity index (χ1) is 13.6. The minimum absolute atomic E-state index is 0.148. The molecular weight excluding hydrogens is 358 g/mol. The Morgan fingerprint density at radius 1 is 1.04 bits per heavy atom. The van der Waals surface area contributed by atoms with Crippen molar-refractivity contribution < 1.29 is 19.3 Å². The lowest BCUT2D eigenvalue weighted by molar-refractivity contribution is -0.0581. The van der Waals surface area contributed by atoms with Gasteiger partial charge in [-0.25, -0.2) is 0 Å². The van der Waals surface area contributed by atoms with Gasteiger partial charge in [-0.15, -0.1) is 0 Å². The minimum Gasteiger partial charge on any atom is -0.497 e. The van der Waals surface area contributed by atoms with Gasteiger partial charge in [0.25, 0.3) is 5.56 Å². The van der Waals surface area contributed by atoms with Crippen LogP contribution in [0.15, 0.2) is 59.5 Å². The summed E-state index contributed by atoms with van der Waals surface area (Å²) in [6.45, 7) is 2.20. The summed E-state index contributed by atoms with van der Waals surface area (Å²) in [5.74, 6) is 1.36. The summed E-state index contributed by atoms with van der Waals surface area (Å²) < 4.78 is 17.2. The average molecular weight is 381 g/mol. The SMILES string of the molecule is CCOC(O)/C=C/c1cn(-c2ccc(OC)cc2)c(=O)c2ccc(OC)cc12. The molecule has 0 radical (unpaired) electrons. The minimum atomic E-state index is -1.02. The Bertz CT molecular complexity index is 1040. The second-order valence-corrected chi connectivity index (χ2v) is 6.07. The molecule has 28 heavy (non-hydrogen) atoms. The topological polar surface area (TPSA) is 69.9 Å². The van der Waals surface area contributed by atoms with Crippen LogP contribution in [-0.2, 0) is 4.74 Å². The monoisotopic (exact) mass is 381 g/mol. The zero-order valence-corrected chi connectivity index (χ0v) is 16.1. The zero-order valence-electron chi connectivity index (χ0n) is 16.1. The lowest BCUT2D eigenvalue weighted by Crippen LogP contribution is -2.18. The van der Waals surface area contributed by atoms with Crippen molar-refractivity contribution in [2.45, 2.75) is 13.2 Å². The van der Waals surface area contributed by atoms with Gasteiger partial charge in [-0.2, -0.15) is 0 Å². The lowest BCUT2D eigenvalue weighted by Gasteiger charge is -2.12. The Morgan fingerprint density at radius 2 is 1.71 bits per heavy atom. The molecular formula is C22H23NO5. The van der Waals surface area contributed by atoms with E-state index in [4.69, 9.17) is 14.2 Å². The number of fused-ring (bicyclic) bond motifs is 1. The number of aliphatic hydroxyl groups is 1. The molecule has 0 amide bonds. The third-order valence-electron chi connectivity index (χ3n) is 4.38. The molecule has 6 nitrogen and oxygen atoms in total. The van der Waals surface area contributed by atoms with Gasteiger partial charge in [-0.1, -0.05) is 6.08 Å². The first-order valence-electron chi connectivity index (χ1n) is 8.93. The van der Waals surface area contributed by atoms with E-state index in [1.165, 1.54) is 0 Å². The number of ether oxygens (including phenoxy) is 3. The molecule has 0 aliphatic heterocycles. The zero-order chi connectivity index (χ0) is 20.1. The average Bonchev–Trinajstić information content (AvgIpc) is 2.73. The highest BCUT2D eigenvalue weighted by atomic mass is 16.6. The van der Waals surface area contributed by atoms with Crippen LogP contribution in [0.2, 0.25) is 0 Å². The van der Waals surface area contributed by atoms with E-state index in [1.54, 1.807) is 68.3 Å². The molecule has 146 valence electrons. The second-order valence-electron chi connectivity index (χ2n) is 6.07. The van der Waals surface area contributed by atoms with Crippen molar-refractivity contribution in [1.29, 1.82) is 0 Å². The first-order valence-corrected chi connectivity index (χ1v) is 8.93. The van der Waals surface area contributed by atoms with Crippen LogP contribution >= 0.6 is 0 Å². The van der Waals surface area contributed by atoms with Crippen molar-refractivity contribution in [1.82, 2.24) is 4.57 Å². The van der Waals surface area contributed by atoms with Gasteiger partial charge in [0.2, 0.25) is 0 Å². The third kappa shape index (κ3) is 4.08. The molecule has 0 saturated heterocycles. The van der Waals surface area contributed by atoms with Gasteiger partial charge in [0.1, 0.15) is 11.5 Å². The molecule has 1 aromatic heterocycles. The normalized spacial score (nSPS) is 12.4. The van der Waals surface area contributed by atoms with Crippen LogP contribution in [0.25, 0.3) is 22.5 Å². The second kappa shape index (κ2) is 8.73. The molecule has 6 heteroatoms. The summed E-state index contributed by atoms with van der Waals surface area (Å²) in [6, 6.07) is 12.5. The molecule has 0 aliphatic rings. The Kier molecular flexibility index (Phi) is 6.13. The van der Waals surface area contributed by atoms with Crippen LogP contribution in [0.3, 0.4) is 0 Å². The Morgan fingerprint density at radius 3 is 2.36 bits per heavy atom. The van der Waals surface area contributed by atoms with Crippen LogP contribution in [0.1, 0.15) is 12.5 Å². The summed E-state index contributed by atoms with van der Waals surface area (Å²) in [5, 5.41) is 11.1. The van der Waals surface area contributed by atoms with Crippen molar-refractivity contribution in [3.05, 3.63) is 70.7 Å². The molecule has 0 bridgehead atoms. The van der Waals surface area contributed by atoms with E-state index in [1.807, 2.05) is 18.2 Å². The summed E-state index contributed by atoms with van der Waals surface area (Å²) in [5.41, 5.74) is 1.32. The van der Waals surface area contributed by atoms with Gasteiger partial charge in [0.15, 0.2) is 6.29 Å². The van der Waals surface area contributed by atoms with Crippen molar-refractivity contribution in [2.75, 3.05) is 20.8 Å². The predicted octanol–water partition coefficient (Wildman–Crippen LogP) is 3.38. The number of aromatic nitrogens is 1. The quantitative estimate of drug-likeness (QED) is 0.636. The maximum Gasteiger partial charge on any atom is 0.262 e. The van der Waals surface area contributed by atoms with Crippen molar-refractivity contribution in [2.24, 2.45) is 0 Å². The standard InChI is InChI=1S/C22H23NO5/c1-4-28-21(24)12-5-15-14-23(16-6-8-17(26-2)9-7-16)22(25)19-11-10-18(27-3)13-20(15)19/h5-14,21,24H,4H2,1-3H3/b12-5+. The van der Waals surface area contributed by atoms with Crippen LogP contribution in [0.5, 0.6) is 11.5 Å². The summed E-state index contributed by atoms with van der Waals surface area (Å²) in [7, 11) is 3.17. The van der Waals surface area contributed by atoms with Gasteiger partial charge in [0, 0.05) is 23.9 Å². The number of nitrogens with zero attached hydrogens (tertiary/aromatic N) is 1. The summed E-state index contributed by atoms with van der Waals surface area (Å²) in [6.07, 6.45) is 4.00. The van der Waals surface area contributed by atoms with Gasteiger partial charge in [0.05, 0.1) is 14.2 Å². The van der Waals surface area contributed by atoms with Crippen molar-refractivity contribution in [3.63, 3.8) is 0 Å². The van der Waals surface area contributed by atoms with Crippen molar-refractivity contribution in [3.8, 4) is 17.2 Å².